The van der Waals surface area contributed by atoms with E-state index >= 15 is 0 Å². The Bertz CT molecular complexity index is 982. The van der Waals surface area contributed by atoms with E-state index in [4.69, 9.17) is 4.74 Å². The molecule has 0 aliphatic heterocycles. The maximum atomic E-state index is 13.0. The molecule has 7 nitrogen and oxygen atoms in total. The van der Waals surface area contributed by atoms with Crippen molar-refractivity contribution in [3.63, 3.8) is 0 Å². The summed E-state index contributed by atoms with van der Waals surface area (Å²) in [6.45, 7) is 6.57. The monoisotopic (exact) mass is 417 g/mol. The lowest BCUT2D eigenvalue weighted by molar-refractivity contribution is -0.119. The van der Waals surface area contributed by atoms with Crippen molar-refractivity contribution in [2.75, 3.05) is 12.9 Å². The summed E-state index contributed by atoms with van der Waals surface area (Å²) in [5, 5.41) is 3.94. The lowest BCUT2D eigenvalue weighted by Crippen LogP contribution is -2.35. The van der Waals surface area contributed by atoms with E-state index in [1.54, 1.807) is 22.8 Å². The van der Waals surface area contributed by atoms with Crippen LogP contribution in [-0.2, 0) is 16.1 Å². The SMILES string of the molecule is COC(=O)c1ccc2c(=O)n(CC(C)C)c(SCC(=O)N[C@@H](C)C3CC3)nc2c1. The Morgan fingerprint density at radius 1 is 1.31 bits per heavy atom. The van der Waals surface area contributed by atoms with Gasteiger partial charge in [-0.2, -0.15) is 0 Å². The largest absolute Gasteiger partial charge is 0.465 e. The number of rotatable bonds is 8. The quantitative estimate of drug-likeness (QED) is 0.404. The summed E-state index contributed by atoms with van der Waals surface area (Å²) in [6, 6.07) is 4.90. The van der Waals surface area contributed by atoms with Gasteiger partial charge in [0.05, 0.1) is 29.3 Å². The first-order valence-corrected chi connectivity index (χ1v) is 10.8. The van der Waals surface area contributed by atoms with Gasteiger partial charge in [-0.3, -0.25) is 14.2 Å². The first kappa shape index (κ1) is 21.4. The molecule has 3 rings (SSSR count). The van der Waals surface area contributed by atoms with E-state index in [0.717, 1.165) is 12.8 Å². The maximum absolute atomic E-state index is 13.0. The second-order valence-electron chi connectivity index (χ2n) is 7.91. The Morgan fingerprint density at radius 2 is 2.03 bits per heavy atom. The molecule has 1 aliphatic carbocycles. The third-order valence-corrected chi connectivity index (χ3v) is 5.92. The van der Waals surface area contributed by atoms with Crippen LogP contribution in [0.1, 0.15) is 44.0 Å². The van der Waals surface area contributed by atoms with Crippen molar-refractivity contribution in [2.24, 2.45) is 11.8 Å². The standard InChI is InChI=1S/C21H27N3O4S/c1-12(2)10-24-19(26)16-8-7-15(20(27)28-4)9-17(16)23-21(24)29-11-18(25)22-13(3)14-5-6-14/h7-9,12-14H,5-6,10-11H2,1-4H3,(H,22,25)/t13-/m0/s1. The topological polar surface area (TPSA) is 90.3 Å². The van der Waals surface area contributed by atoms with Crippen molar-refractivity contribution in [1.82, 2.24) is 14.9 Å². The van der Waals surface area contributed by atoms with Crippen LogP contribution in [-0.4, -0.2) is 40.3 Å². The molecular weight excluding hydrogens is 390 g/mol. The number of amides is 1. The van der Waals surface area contributed by atoms with Gasteiger partial charge < -0.3 is 10.1 Å². The molecule has 1 saturated carbocycles. The van der Waals surface area contributed by atoms with E-state index in [2.05, 4.69) is 10.3 Å². The number of esters is 1. The van der Waals surface area contributed by atoms with E-state index in [1.165, 1.54) is 18.9 Å². The van der Waals surface area contributed by atoms with Gasteiger partial charge in [-0.15, -0.1) is 0 Å². The highest BCUT2D eigenvalue weighted by molar-refractivity contribution is 7.99. The molecule has 0 saturated heterocycles. The van der Waals surface area contributed by atoms with Crippen LogP contribution in [0.15, 0.2) is 28.2 Å². The molecule has 2 aromatic rings. The summed E-state index contributed by atoms with van der Waals surface area (Å²) in [4.78, 5) is 41.8. The number of aromatic nitrogens is 2. The number of carbonyl (C=O) groups is 2. The number of carbonyl (C=O) groups excluding carboxylic acids is 2. The summed E-state index contributed by atoms with van der Waals surface area (Å²) in [6.07, 6.45) is 2.33. The van der Waals surface area contributed by atoms with Crippen LogP contribution in [0, 0.1) is 11.8 Å². The van der Waals surface area contributed by atoms with Crippen LogP contribution in [0.4, 0.5) is 0 Å². The number of nitrogens with one attached hydrogen (secondary N) is 1. The average Bonchev–Trinajstić information content (AvgIpc) is 3.53. The lowest BCUT2D eigenvalue weighted by Gasteiger charge is -2.16. The molecule has 1 N–H and O–H groups in total. The molecule has 1 heterocycles. The smallest absolute Gasteiger partial charge is 0.337 e. The summed E-state index contributed by atoms with van der Waals surface area (Å²) in [5.74, 6) is 0.456. The van der Waals surface area contributed by atoms with Crippen LogP contribution >= 0.6 is 11.8 Å². The van der Waals surface area contributed by atoms with E-state index in [0.29, 0.717) is 34.1 Å². The molecule has 8 heteroatoms. The van der Waals surface area contributed by atoms with Crippen molar-refractivity contribution in [3.05, 3.63) is 34.1 Å². The number of fused-ring (bicyclic) bond motifs is 1. The highest BCUT2D eigenvalue weighted by Gasteiger charge is 2.29. The van der Waals surface area contributed by atoms with Gasteiger partial charge >= 0.3 is 5.97 Å². The lowest BCUT2D eigenvalue weighted by atomic mass is 10.1. The second kappa shape index (κ2) is 8.98. The van der Waals surface area contributed by atoms with Crippen LogP contribution in [0.25, 0.3) is 10.9 Å². The number of hydrogen-bond donors (Lipinski definition) is 1. The van der Waals surface area contributed by atoms with Crippen molar-refractivity contribution < 1.29 is 14.3 Å². The Hall–Kier alpha value is -2.35. The Kier molecular flexibility index (Phi) is 6.62. The minimum absolute atomic E-state index is 0.0665. The molecule has 1 amide bonds. The van der Waals surface area contributed by atoms with Gasteiger partial charge in [0.1, 0.15) is 0 Å². The fraction of sp³-hybridized carbons (Fsp3) is 0.524. The zero-order valence-electron chi connectivity index (χ0n) is 17.2. The molecule has 0 radical (unpaired) electrons. The number of nitrogens with zero attached hydrogens (tertiary/aromatic N) is 2. The molecule has 1 fully saturated rings. The number of methoxy groups -OCH3 is 1. The van der Waals surface area contributed by atoms with Crippen LogP contribution < -0.4 is 10.9 Å². The van der Waals surface area contributed by atoms with E-state index < -0.39 is 5.97 Å². The van der Waals surface area contributed by atoms with Crippen molar-refractivity contribution in [1.29, 1.82) is 0 Å². The zero-order chi connectivity index (χ0) is 21.1. The predicted octanol–water partition coefficient (Wildman–Crippen LogP) is 2.85. The summed E-state index contributed by atoms with van der Waals surface area (Å²) in [7, 11) is 1.31. The van der Waals surface area contributed by atoms with Gasteiger partial charge in [0.25, 0.3) is 5.56 Å². The van der Waals surface area contributed by atoms with Crippen molar-refractivity contribution in [2.45, 2.75) is 51.4 Å². The van der Waals surface area contributed by atoms with E-state index in [-0.39, 0.29) is 29.2 Å². The van der Waals surface area contributed by atoms with Crippen LogP contribution in [0.5, 0.6) is 0 Å². The number of hydrogen-bond acceptors (Lipinski definition) is 6. The Balaban J connectivity index is 1.90. The first-order valence-electron chi connectivity index (χ1n) is 9.85. The molecule has 0 unspecified atom stereocenters. The predicted molar refractivity (Wildman–Crippen MR) is 113 cm³/mol. The van der Waals surface area contributed by atoms with Crippen LogP contribution in [0.3, 0.4) is 0 Å². The van der Waals surface area contributed by atoms with Gasteiger partial charge in [-0.25, -0.2) is 9.78 Å². The number of ether oxygens (including phenoxy) is 1. The van der Waals surface area contributed by atoms with Gasteiger partial charge in [0.2, 0.25) is 5.91 Å². The number of thioether (sulfide) groups is 1. The minimum atomic E-state index is -0.484. The molecule has 1 atom stereocenters. The molecule has 1 aromatic heterocycles. The molecule has 29 heavy (non-hydrogen) atoms. The Morgan fingerprint density at radius 3 is 2.66 bits per heavy atom. The first-order chi connectivity index (χ1) is 13.8. The highest BCUT2D eigenvalue weighted by atomic mass is 32.2. The third-order valence-electron chi connectivity index (χ3n) is 4.94. The Labute approximate surface area is 174 Å². The third kappa shape index (κ3) is 5.18. The van der Waals surface area contributed by atoms with Gasteiger partial charge in [0, 0.05) is 12.6 Å². The average molecular weight is 418 g/mol. The summed E-state index contributed by atoms with van der Waals surface area (Å²) >= 11 is 1.24. The van der Waals surface area contributed by atoms with Gasteiger partial charge in [0.15, 0.2) is 5.16 Å². The normalized spacial score (nSPS) is 14.8. The van der Waals surface area contributed by atoms with E-state index in [1.807, 2.05) is 20.8 Å². The van der Waals surface area contributed by atoms with E-state index in [9.17, 15) is 14.4 Å². The molecule has 1 aromatic carbocycles. The van der Waals surface area contributed by atoms with Gasteiger partial charge in [-0.1, -0.05) is 25.6 Å². The van der Waals surface area contributed by atoms with Gasteiger partial charge in [-0.05, 0) is 49.8 Å². The molecule has 0 bridgehead atoms. The molecule has 1 aliphatic rings. The summed E-state index contributed by atoms with van der Waals surface area (Å²) < 4.78 is 6.37. The highest BCUT2D eigenvalue weighted by Crippen LogP contribution is 2.32. The maximum Gasteiger partial charge on any atom is 0.337 e. The fourth-order valence-corrected chi connectivity index (χ4v) is 4.04. The second-order valence-corrected chi connectivity index (χ2v) is 8.85. The number of benzene rings is 1. The van der Waals surface area contributed by atoms with Crippen LogP contribution in [0.2, 0.25) is 0 Å². The fourth-order valence-electron chi connectivity index (χ4n) is 3.22. The minimum Gasteiger partial charge on any atom is -0.465 e. The van der Waals surface area contributed by atoms with Crippen molar-refractivity contribution in [3.8, 4) is 0 Å². The molecule has 0 spiro atoms. The zero-order valence-corrected chi connectivity index (χ0v) is 18.0. The molecule has 156 valence electrons. The molecular formula is C21H27N3O4S. The van der Waals surface area contributed by atoms with Crippen molar-refractivity contribution >= 4 is 34.5 Å². The summed E-state index contributed by atoms with van der Waals surface area (Å²) in [5.41, 5.74) is 0.585.